The second-order valence-electron chi connectivity index (χ2n) is 3.69. The topological polar surface area (TPSA) is 49.3 Å². The van der Waals surface area contributed by atoms with Gasteiger partial charge in [0.15, 0.2) is 0 Å². The van der Waals surface area contributed by atoms with E-state index in [1.807, 2.05) is 5.32 Å². The summed E-state index contributed by atoms with van der Waals surface area (Å²) in [6.07, 6.45) is -9.70. The van der Waals surface area contributed by atoms with Crippen LogP contribution in [0.15, 0.2) is 24.3 Å². The molecule has 0 aliphatic heterocycles. The monoisotopic (exact) mass is 283 g/mol. The van der Waals surface area contributed by atoms with Gasteiger partial charge in [0.2, 0.25) is 0 Å². The van der Waals surface area contributed by atoms with Crippen molar-refractivity contribution >= 4 is 5.91 Å². The maximum Gasteiger partial charge on any atom is 0.416 e. The van der Waals surface area contributed by atoms with Crippen LogP contribution < -0.4 is 5.32 Å². The van der Waals surface area contributed by atoms with Crippen LogP contribution in [0, 0.1) is 0 Å². The van der Waals surface area contributed by atoms with E-state index >= 15 is 0 Å². The molecule has 0 radical (unpaired) electrons. The summed E-state index contributed by atoms with van der Waals surface area (Å²) in [7, 11) is 0. The third kappa shape index (κ3) is 4.47. The third-order valence-electron chi connectivity index (χ3n) is 2.21. The van der Waals surface area contributed by atoms with Crippen LogP contribution in [0.3, 0.4) is 0 Å². The molecule has 0 spiro atoms. The van der Waals surface area contributed by atoms with Gasteiger partial charge in [0.1, 0.15) is 6.10 Å². The van der Waals surface area contributed by atoms with E-state index in [1.165, 1.54) is 0 Å². The zero-order chi connectivity index (χ0) is 14.6. The smallest absolute Gasteiger partial charge is 0.385 e. The van der Waals surface area contributed by atoms with Gasteiger partial charge in [-0.1, -0.05) is 6.07 Å². The number of carbonyl (C=O) groups excluding carboxylic acids is 1. The lowest BCUT2D eigenvalue weighted by Gasteiger charge is -2.12. The minimum atomic E-state index is -4.60. The van der Waals surface area contributed by atoms with Gasteiger partial charge in [0, 0.05) is 12.1 Å². The summed E-state index contributed by atoms with van der Waals surface area (Å²) in [5.41, 5.74) is -1.34. The lowest BCUT2D eigenvalue weighted by Crippen LogP contribution is -2.35. The molecule has 1 aromatic carbocycles. The van der Waals surface area contributed by atoms with Crippen LogP contribution in [-0.4, -0.2) is 30.1 Å². The number of aliphatic hydroxyl groups is 1. The number of hydrogen-bond donors (Lipinski definition) is 2. The number of benzene rings is 1. The maximum absolute atomic E-state index is 12.4. The van der Waals surface area contributed by atoms with Crippen molar-refractivity contribution < 1.29 is 31.9 Å². The summed E-state index contributed by atoms with van der Waals surface area (Å²) in [5.74, 6) is -0.967. The summed E-state index contributed by atoms with van der Waals surface area (Å²) >= 11 is 0. The van der Waals surface area contributed by atoms with Crippen LogP contribution >= 0.6 is 0 Å². The number of amides is 1. The molecule has 2 N–H and O–H groups in total. The molecule has 0 aliphatic carbocycles. The summed E-state index contributed by atoms with van der Waals surface area (Å²) in [6, 6.07) is 3.52. The highest BCUT2D eigenvalue weighted by molar-refractivity contribution is 5.94. The average molecular weight is 283 g/mol. The van der Waals surface area contributed by atoms with Crippen LogP contribution in [0.5, 0.6) is 0 Å². The Morgan fingerprint density at radius 2 is 1.95 bits per heavy atom. The Hall–Kier alpha value is -1.70. The van der Waals surface area contributed by atoms with Crippen molar-refractivity contribution in [3.8, 4) is 0 Å². The number of alkyl halides is 5. The molecule has 1 aromatic rings. The van der Waals surface area contributed by atoms with Gasteiger partial charge >= 0.3 is 6.18 Å². The first-order valence-corrected chi connectivity index (χ1v) is 5.13. The normalized spacial score (nSPS) is 13.4. The molecule has 1 unspecified atom stereocenters. The number of halogens is 5. The van der Waals surface area contributed by atoms with Gasteiger partial charge in [-0.05, 0) is 18.2 Å². The van der Waals surface area contributed by atoms with Gasteiger partial charge in [-0.15, -0.1) is 0 Å². The Bertz CT molecular complexity index is 447. The molecule has 106 valence electrons. The molecule has 0 bridgehead atoms. The van der Waals surface area contributed by atoms with Gasteiger partial charge in [-0.2, -0.15) is 13.2 Å². The minimum Gasteiger partial charge on any atom is -0.385 e. The summed E-state index contributed by atoms with van der Waals surface area (Å²) in [4.78, 5) is 11.4. The van der Waals surface area contributed by atoms with Crippen molar-refractivity contribution in [1.82, 2.24) is 5.32 Å². The Kier molecular flexibility index (Phi) is 4.82. The maximum atomic E-state index is 12.4. The molecule has 8 heteroatoms. The van der Waals surface area contributed by atoms with Gasteiger partial charge in [0.05, 0.1) is 5.56 Å². The van der Waals surface area contributed by atoms with Crippen LogP contribution in [0.2, 0.25) is 0 Å². The van der Waals surface area contributed by atoms with Gasteiger partial charge < -0.3 is 10.4 Å². The van der Waals surface area contributed by atoms with Gasteiger partial charge in [-0.25, -0.2) is 8.78 Å². The summed E-state index contributed by atoms with van der Waals surface area (Å²) < 4.78 is 61.0. The molecule has 0 fully saturated rings. The number of aliphatic hydroxyl groups excluding tert-OH is 1. The second kappa shape index (κ2) is 5.96. The Balaban J connectivity index is 2.73. The quantitative estimate of drug-likeness (QED) is 0.831. The standard InChI is InChI=1S/C11H10F5NO2/c12-9(13)8(18)5-17-10(19)6-2-1-3-7(4-6)11(14,15)16/h1-4,8-9,18H,5H2,(H,17,19). The van der Waals surface area contributed by atoms with Gasteiger partial charge in [0.25, 0.3) is 12.3 Å². The lowest BCUT2D eigenvalue weighted by atomic mass is 10.1. The first kappa shape index (κ1) is 15.4. The highest BCUT2D eigenvalue weighted by atomic mass is 19.4. The van der Waals surface area contributed by atoms with Crippen molar-refractivity contribution in [3.05, 3.63) is 35.4 Å². The predicted octanol–water partition coefficient (Wildman–Crippen LogP) is 2.06. The summed E-state index contributed by atoms with van der Waals surface area (Å²) in [5, 5.41) is 10.7. The number of nitrogens with one attached hydrogen (secondary N) is 1. The van der Waals surface area contributed by atoms with E-state index in [0.717, 1.165) is 18.2 Å². The van der Waals surface area contributed by atoms with Crippen molar-refractivity contribution in [3.63, 3.8) is 0 Å². The van der Waals surface area contributed by atoms with Crippen LogP contribution in [0.25, 0.3) is 0 Å². The van der Waals surface area contributed by atoms with E-state index in [-0.39, 0.29) is 5.56 Å². The van der Waals surface area contributed by atoms with Crippen molar-refractivity contribution in [1.29, 1.82) is 0 Å². The van der Waals surface area contributed by atoms with Crippen molar-refractivity contribution in [2.24, 2.45) is 0 Å². The first-order chi connectivity index (χ1) is 8.71. The van der Waals surface area contributed by atoms with E-state index in [2.05, 4.69) is 0 Å². The van der Waals surface area contributed by atoms with Crippen LogP contribution in [0.4, 0.5) is 22.0 Å². The van der Waals surface area contributed by atoms with E-state index in [4.69, 9.17) is 5.11 Å². The fourth-order valence-electron chi connectivity index (χ4n) is 1.23. The molecule has 1 rings (SSSR count). The number of carbonyl (C=O) groups is 1. The zero-order valence-electron chi connectivity index (χ0n) is 9.42. The summed E-state index contributed by atoms with van der Waals surface area (Å²) in [6.45, 7) is -0.743. The molecule has 3 nitrogen and oxygen atoms in total. The molecule has 0 aromatic heterocycles. The fraction of sp³-hybridized carbons (Fsp3) is 0.364. The van der Waals surface area contributed by atoms with E-state index < -0.39 is 36.7 Å². The zero-order valence-corrected chi connectivity index (χ0v) is 9.42. The molecule has 1 atom stereocenters. The second-order valence-corrected chi connectivity index (χ2v) is 3.69. The number of hydrogen-bond acceptors (Lipinski definition) is 2. The predicted molar refractivity (Wildman–Crippen MR) is 55.8 cm³/mol. The van der Waals surface area contributed by atoms with Crippen molar-refractivity contribution in [2.45, 2.75) is 18.7 Å². The third-order valence-corrected chi connectivity index (χ3v) is 2.21. The van der Waals surface area contributed by atoms with Crippen LogP contribution in [0.1, 0.15) is 15.9 Å². The number of rotatable bonds is 4. The molecule has 0 saturated heterocycles. The first-order valence-electron chi connectivity index (χ1n) is 5.13. The SMILES string of the molecule is O=C(NCC(O)C(F)F)c1cccc(C(F)(F)F)c1. The minimum absolute atomic E-state index is 0.323. The molecule has 0 heterocycles. The molecular formula is C11H10F5NO2. The van der Waals surface area contributed by atoms with E-state index in [9.17, 15) is 26.7 Å². The molecule has 1 amide bonds. The van der Waals surface area contributed by atoms with Gasteiger partial charge in [-0.3, -0.25) is 4.79 Å². The molecular weight excluding hydrogens is 273 g/mol. The lowest BCUT2D eigenvalue weighted by molar-refractivity contribution is -0.137. The average Bonchev–Trinajstić information content (AvgIpc) is 2.34. The molecule has 0 aliphatic rings. The Morgan fingerprint density at radius 1 is 1.32 bits per heavy atom. The Labute approximate surface area is 105 Å². The fourth-order valence-corrected chi connectivity index (χ4v) is 1.23. The van der Waals surface area contributed by atoms with E-state index in [0.29, 0.717) is 6.07 Å². The largest absolute Gasteiger partial charge is 0.416 e. The van der Waals surface area contributed by atoms with Crippen molar-refractivity contribution in [2.75, 3.05) is 6.54 Å². The highest BCUT2D eigenvalue weighted by Crippen LogP contribution is 2.29. The Morgan fingerprint density at radius 3 is 2.47 bits per heavy atom. The molecule has 0 saturated carbocycles. The van der Waals surface area contributed by atoms with E-state index in [1.54, 1.807) is 0 Å². The van der Waals surface area contributed by atoms with Crippen LogP contribution in [-0.2, 0) is 6.18 Å². The highest BCUT2D eigenvalue weighted by Gasteiger charge is 2.31. The molecule has 19 heavy (non-hydrogen) atoms.